The molecule has 3 rings (SSSR count). The topological polar surface area (TPSA) is 46.6 Å². The molecule has 1 aromatic rings. The van der Waals surface area contributed by atoms with Gasteiger partial charge in [-0.15, -0.1) is 0 Å². The number of hydrogen-bond acceptors (Lipinski definition) is 3. The van der Waals surface area contributed by atoms with Crippen LogP contribution in [0.2, 0.25) is 0 Å². The molecule has 2 aliphatic heterocycles. The van der Waals surface area contributed by atoms with Gasteiger partial charge in [-0.05, 0) is 18.6 Å². The van der Waals surface area contributed by atoms with E-state index in [0.29, 0.717) is 0 Å². The molecule has 1 amide bonds. The van der Waals surface area contributed by atoms with E-state index in [1.807, 2.05) is 24.3 Å². The van der Waals surface area contributed by atoms with E-state index in [1.165, 1.54) is 6.08 Å². The van der Waals surface area contributed by atoms with Crippen LogP contribution in [0.5, 0.6) is 0 Å². The van der Waals surface area contributed by atoms with Gasteiger partial charge in [0.2, 0.25) is 5.91 Å². The number of anilines is 1. The molecule has 0 bridgehead atoms. The molecule has 0 saturated carbocycles. The summed E-state index contributed by atoms with van der Waals surface area (Å²) >= 11 is 0. The normalized spacial score (nSPS) is 26.1. The monoisotopic (exact) mass is 243 g/mol. The molecule has 2 aliphatic rings. The van der Waals surface area contributed by atoms with Gasteiger partial charge in [0.1, 0.15) is 12.0 Å². The summed E-state index contributed by atoms with van der Waals surface area (Å²) in [7, 11) is 1.75. The number of benzene rings is 1. The molecule has 18 heavy (non-hydrogen) atoms. The van der Waals surface area contributed by atoms with Crippen LogP contribution in [-0.4, -0.2) is 18.9 Å². The first kappa shape index (κ1) is 11.0. The molecule has 0 fully saturated rings. The molecular formula is C14H13NO3. The summed E-state index contributed by atoms with van der Waals surface area (Å²) in [5, 5.41) is 0. The minimum absolute atomic E-state index is 0.0278. The molecule has 0 aliphatic carbocycles. The summed E-state index contributed by atoms with van der Waals surface area (Å²) < 4.78 is 5.34. The summed E-state index contributed by atoms with van der Waals surface area (Å²) in [6.07, 6.45) is 0.920. The maximum atomic E-state index is 12.3. The number of carbonyl (C=O) groups is 2. The van der Waals surface area contributed by atoms with E-state index in [4.69, 9.17) is 4.74 Å². The van der Waals surface area contributed by atoms with Crippen LogP contribution in [-0.2, 0) is 14.3 Å². The van der Waals surface area contributed by atoms with E-state index in [1.54, 1.807) is 18.9 Å². The van der Waals surface area contributed by atoms with Crippen molar-refractivity contribution in [2.45, 2.75) is 13.0 Å². The van der Waals surface area contributed by atoms with Crippen molar-refractivity contribution in [1.82, 2.24) is 0 Å². The second kappa shape index (κ2) is 3.70. The van der Waals surface area contributed by atoms with Gasteiger partial charge in [0.05, 0.1) is 5.69 Å². The summed E-state index contributed by atoms with van der Waals surface area (Å²) in [6, 6.07) is 7.53. The molecule has 1 aromatic carbocycles. The Morgan fingerprint density at radius 2 is 1.94 bits per heavy atom. The molecule has 0 spiro atoms. The van der Waals surface area contributed by atoms with E-state index in [2.05, 4.69) is 0 Å². The quantitative estimate of drug-likeness (QED) is 0.653. The zero-order chi connectivity index (χ0) is 12.9. The van der Waals surface area contributed by atoms with E-state index in [9.17, 15) is 9.59 Å². The smallest absolute Gasteiger partial charge is 0.331 e. The molecule has 4 nitrogen and oxygen atoms in total. The highest BCUT2D eigenvalue weighted by atomic mass is 16.5. The van der Waals surface area contributed by atoms with Crippen LogP contribution in [0.25, 0.3) is 0 Å². The molecule has 92 valence electrons. The molecule has 0 N–H and O–H groups in total. The number of amides is 1. The van der Waals surface area contributed by atoms with Gasteiger partial charge in [-0.2, -0.15) is 0 Å². The predicted molar refractivity (Wildman–Crippen MR) is 65.9 cm³/mol. The lowest BCUT2D eigenvalue weighted by atomic mass is 9.82. The Morgan fingerprint density at radius 3 is 2.72 bits per heavy atom. The Labute approximate surface area is 105 Å². The van der Waals surface area contributed by atoms with Crippen molar-refractivity contribution in [1.29, 1.82) is 0 Å². The van der Waals surface area contributed by atoms with Crippen LogP contribution in [0.1, 0.15) is 18.6 Å². The van der Waals surface area contributed by atoms with Crippen molar-refractivity contribution in [3.8, 4) is 0 Å². The highest BCUT2D eigenvalue weighted by Gasteiger charge is 2.44. The van der Waals surface area contributed by atoms with Crippen LogP contribution >= 0.6 is 0 Å². The second-order valence-electron chi connectivity index (χ2n) is 4.68. The van der Waals surface area contributed by atoms with Crippen LogP contribution in [0.4, 0.5) is 5.69 Å². The van der Waals surface area contributed by atoms with Gasteiger partial charge >= 0.3 is 5.97 Å². The van der Waals surface area contributed by atoms with Crippen LogP contribution in [0.15, 0.2) is 35.9 Å². The SMILES string of the molecule is CC1=CC(=O)OC2c3ccccc3N(C)C(=O)C12. The van der Waals surface area contributed by atoms with Crippen molar-refractivity contribution in [3.05, 3.63) is 41.5 Å². The van der Waals surface area contributed by atoms with Crippen molar-refractivity contribution >= 4 is 17.6 Å². The van der Waals surface area contributed by atoms with Gasteiger partial charge in [0.25, 0.3) is 0 Å². The summed E-state index contributed by atoms with van der Waals surface area (Å²) in [5.41, 5.74) is 2.47. The van der Waals surface area contributed by atoms with Crippen LogP contribution < -0.4 is 4.90 Å². The number of hydrogen-bond donors (Lipinski definition) is 0. The molecular weight excluding hydrogens is 230 g/mol. The predicted octanol–water partition coefficient (Wildman–Crippen LogP) is 1.82. The summed E-state index contributed by atoms with van der Waals surface area (Å²) in [6.45, 7) is 1.80. The third-order valence-electron chi connectivity index (χ3n) is 3.58. The molecule has 2 atom stereocenters. The number of para-hydroxylation sites is 1. The van der Waals surface area contributed by atoms with E-state index < -0.39 is 6.10 Å². The first-order chi connectivity index (χ1) is 8.59. The zero-order valence-corrected chi connectivity index (χ0v) is 10.2. The summed E-state index contributed by atoms with van der Waals surface area (Å²) in [5.74, 6) is -0.788. The van der Waals surface area contributed by atoms with Gasteiger partial charge < -0.3 is 9.64 Å². The number of carbonyl (C=O) groups excluding carboxylic acids is 2. The average Bonchev–Trinajstić information content (AvgIpc) is 2.35. The lowest BCUT2D eigenvalue weighted by Crippen LogP contribution is -2.44. The maximum Gasteiger partial charge on any atom is 0.331 e. The molecule has 0 aromatic heterocycles. The van der Waals surface area contributed by atoms with Crippen molar-refractivity contribution < 1.29 is 14.3 Å². The summed E-state index contributed by atoms with van der Waals surface area (Å²) in [4.78, 5) is 25.5. The fraction of sp³-hybridized carbons (Fsp3) is 0.286. The fourth-order valence-corrected chi connectivity index (χ4v) is 2.67. The largest absolute Gasteiger partial charge is 0.453 e. The number of ether oxygens (including phenoxy) is 1. The minimum atomic E-state index is -0.484. The molecule has 2 heterocycles. The van der Waals surface area contributed by atoms with E-state index >= 15 is 0 Å². The van der Waals surface area contributed by atoms with Crippen LogP contribution in [0.3, 0.4) is 0 Å². The first-order valence-electron chi connectivity index (χ1n) is 5.85. The number of esters is 1. The Kier molecular flexibility index (Phi) is 2.26. The van der Waals surface area contributed by atoms with Gasteiger partial charge in [0, 0.05) is 18.7 Å². The lowest BCUT2D eigenvalue weighted by molar-refractivity contribution is -0.150. The van der Waals surface area contributed by atoms with Crippen molar-refractivity contribution in [2.24, 2.45) is 5.92 Å². The molecule has 4 heteroatoms. The highest BCUT2D eigenvalue weighted by Crippen LogP contribution is 2.44. The van der Waals surface area contributed by atoms with E-state index in [-0.39, 0.29) is 17.8 Å². The Balaban J connectivity index is 2.20. The molecule has 0 radical (unpaired) electrons. The lowest BCUT2D eigenvalue weighted by Gasteiger charge is -2.39. The third kappa shape index (κ3) is 1.38. The van der Waals surface area contributed by atoms with Crippen molar-refractivity contribution in [3.63, 3.8) is 0 Å². The van der Waals surface area contributed by atoms with Gasteiger partial charge in [-0.1, -0.05) is 18.2 Å². The van der Waals surface area contributed by atoms with Crippen LogP contribution in [0, 0.1) is 5.92 Å². The fourth-order valence-electron chi connectivity index (χ4n) is 2.67. The third-order valence-corrected chi connectivity index (χ3v) is 3.58. The van der Waals surface area contributed by atoms with Gasteiger partial charge in [-0.3, -0.25) is 4.79 Å². The second-order valence-corrected chi connectivity index (χ2v) is 4.68. The van der Waals surface area contributed by atoms with Crippen molar-refractivity contribution in [2.75, 3.05) is 11.9 Å². The maximum absolute atomic E-state index is 12.3. The molecule has 0 saturated heterocycles. The van der Waals surface area contributed by atoms with E-state index in [0.717, 1.165) is 16.8 Å². The van der Waals surface area contributed by atoms with Gasteiger partial charge in [0.15, 0.2) is 0 Å². The number of nitrogens with zero attached hydrogens (tertiary/aromatic N) is 1. The highest BCUT2D eigenvalue weighted by molar-refractivity contribution is 6.02. The van der Waals surface area contributed by atoms with Gasteiger partial charge in [-0.25, -0.2) is 4.79 Å². The zero-order valence-electron chi connectivity index (χ0n) is 10.2. The Bertz CT molecular complexity index is 576. The number of fused-ring (bicyclic) bond motifs is 3. The average molecular weight is 243 g/mol. The number of rotatable bonds is 0. The Morgan fingerprint density at radius 1 is 1.22 bits per heavy atom. The Hall–Kier alpha value is -2.10. The first-order valence-corrected chi connectivity index (χ1v) is 5.85. The standard InChI is InChI=1S/C14H13NO3/c1-8-7-11(16)18-13-9-5-3-4-6-10(9)15(2)14(17)12(8)13/h3-7,12-13H,1-2H3. The molecule has 2 unspecified atom stereocenters. The minimum Gasteiger partial charge on any atom is -0.453 e.